The molecule has 0 radical (unpaired) electrons. The third-order valence-corrected chi connectivity index (χ3v) is 2.89. The Labute approximate surface area is 114 Å². The summed E-state index contributed by atoms with van der Waals surface area (Å²) in [6.45, 7) is 4.63. The molecule has 2 aromatic rings. The summed E-state index contributed by atoms with van der Waals surface area (Å²) in [4.78, 5) is 0. The van der Waals surface area contributed by atoms with Crippen LogP contribution in [0.3, 0.4) is 0 Å². The number of hydrogen-bond donors (Lipinski definition) is 1. The van der Waals surface area contributed by atoms with Gasteiger partial charge < -0.3 is 15.2 Å². The zero-order chi connectivity index (χ0) is 13.7. The normalized spacial score (nSPS) is 10.2. The number of para-hydroxylation sites is 1. The van der Waals surface area contributed by atoms with Crippen LogP contribution in [-0.4, -0.2) is 6.61 Å². The Hall–Kier alpha value is -2.16. The summed E-state index contributed by atoms with van der Waals surface area (Å²) in [5.74, 6) is 2.05. The molecule has 100 valence electrons. The lowest BCUT2D eigenvalue weighted by atomic mass is 10.2. The number of anilines is 1. The van der Waals surface area contributed by atoms with Crippen molar-refractivity contribution in [3.05, 3.63) is 48.0 Å². The summed E-state index contributed by atoms with van der Waals surface area (Å²) in [6, 6.07) is 13.6. The maximum absolute atomic E-state index is 6.02. The summed E-state index contributed by atoms with van der Waals surface area (Å²) in [5.41, 5.74) is 7.84. The molecule has 2 N–H and O–H groups in total. The van der Waals surface area contributed by atoms with E-state index in [9.17, 15) is 0 Å². The molecule has 0 saturated carbocycles. The second-order valence-electron chi connectivity index (χ2n) is 4.20. The minimum atomic E-state index is 0.531. The molecule has 0 saturated heterocycles. The molecule has 0 amide bonds. The van der Waals surface area contributed by atoms with Crippen molar-refractivity contribution in [2.75, 3.05) is 12.3 Å². The molecular formula is C16H19NO2. The van der Waals surface area contributed by atoms with Gasteiger partial charge in [-0.3, -0.25) is 0 Å². The molecule has 0 atom stereocenters. The van der Waals surface area contributed by atoms with E-state index in [1.54, 1.807) is 0 Å². The number of hydrogen-bond acceptors (Lipinski definition) is 3. The zero-order valence-electron chi connectivity index (χ0n) is 11.3. The summed E-state index contributed by atoms with van der Waals surface area (Å²) < 4.78 is 11.2. The number of rotatable bonds is 5. The number of ether oxygens (including phenoxy) is 2. The predicted octanol–water partition coefficient (Wildman–Crippen LogP) is 4.02. The third-order valence-electron chi connectivity index (χ3n) is 2.89. The van der Waals surface area contributed by atoms with Crippen molar-refractivity contribution in [3.8, 4) is 17.2 Å². The summed E-state index contributed by atoms with van der Waals surface area (Å²) in [7, 11) is 0. The molecule has 2 rings (SSSR count). The smallest absolute Gasteiger partial charge is 0.154 e. The molecule has 0 aromatic heterocycles. The van der Waals surface area contributed by atoms with Gasteiger partial charge in [-0.2, -0.15) is 0 Å². The second kappa shape index (κ2) is 6.14. The van der Waals surface area contributed by atoms with Crippen molar-refractivity contribution in [1.82, 2.24) is 0 Å². The van der Waals surface area contributed by atoms with Crippen LogP contribution in [-0.2, 0) is 6.42 Å². The van der Waals surface area contributed by atoms with Gasteiger partial charge in [-0.1, -0.05) is 25.1 Å². The highest BCUT2D eigenvalue weighted by Crippen LogP contribution is 2.34. The first-order valence-electron chi connectivity index (χ1n) is 6.52. The minimum absolute atomic E-state index is 0.531. The lowest BCUT2D eigenvalue weighted by Crippen LogP contribution is -1.99. The van der Waals surface area contributed by atoms with Gasteiger partial charge in [0, 0.05) is 0 Å². The molecule has 0 heterocycles. The van der Waals surface area contributed by atoms with Crippen LogP contribution < -0.4 is 15.2 Å². The van der Waals surface area contributed by atoms with Gasteiger partial charge in [-0.15, -0.1) is 0 Å². The molecule has 0 aliphatic carbocycles. The second-order valence-corrected chi connectivity index (χ2v) is 4.20. The number of aryl methyl sites for hydroxylation is 1. The fraction of sp³-hybridized carbons (Fsp3) is 0.250. The Morgan fingerprint density at radius 3 is 2.26 bits per heavy atom. The fourth-order valence-corrected chi connectivity index (χ4v) is 1.81. The average molecular weight is 257 g/mol. The Morgan fingerprint density at radius 2 is 1.63 bits per heavy atom. The van der Waals surface area contributed by atoms with Crippen LogP contribution in [0.4, 0.5) is 5.69 Å². The summed E-state index contributed by atoms with van der Waals surface area (Å²) in [5, 5.41) is 0. The van der Waals surface area contributed by atoms with Crippen LogP contribution in [0.5, 0.6) is 17.2 Å². The highest BCUT2D eigenvalue weighted by molar-refractivity contribution is 5.63. The van der Waals surface area contributed by atoms with Crippen molar-refractivity contribution >= 4 is 5.69 Å². The average Bonchev–Trinajstić information content (AvgIpc) is 2.44. The lowest BCUT2D eigenvalue weighted by Gasteiger charge is -2.12. The molecule has 0 bridgehead atoms. The van der Waals surface area contributed by atoms with Gasteiger partial charge in [-0.25, -0.2) is 0 Å². The van der Waals surface area contributed by atoms with Gasteiger partial charge in [-0.05, 0) is 43.2 Å². The molecule has 0 fully saturated rings. The first-order chi connectivity index (χ1) is 9.24. The van der Waals surface area contributed by atoms with Gasteiger partial charge in [0.2, 0.25) is 0 Å². The van der Waals surface area contributed by atoms with Crippen LogP contribution in [0.2, 0.25) is 0 Å². The van der Waals surface area contributed by atoms with E-state index in [4.69, 9.17) is 15.2 Å². The fourth-order valence-electron chi connectivity index (χ4n) is 1.81. The molecule has 0 spiro atoms. The molecular weight excluding hydrogens is 238 g/mol. The van der Waals surface area contributed by atoms with Crippen LogP contribution in [0.1, 0.15) is 19.4 Å². The van der Waals surface area contributed by atoms with Crippen LogP contribution in [0.25, 0.3) is 0 Å². The minimum Gasteiger partial charge on any atom is -0.492 e. The maximum atomic E-state index is 6.02. The van der Waals surface area contributed by atoms with Crippen LogP contribution in [0, 0.1) is 0 Å². The molecule has 0 aliphatic rings. The molecule has 3 nitrogen and oxygen atoms in total. The molecule has 2 aromatic carbocycles. The van der Waals surface area contributed by atoms with Gasteiger partial charge in [0.15, 0.2) is 5.75 Å². The van der Waals surface area contributed by atoms with E-state index < -0.39 is 0 Å². The standard InChI is InChI=1S/C16H19NO2/c1-3-12-8-10-13(11-9-12)19-15-7-5-6-14(16(15)17)18-4-2/h5-11H,3-4,17H2,1-2H3. The summed E-state index contributed by atoms with van der Waals surface area (Å²) >= 11 is 0. The van der Waals surface area contributed by atoms with E-state index in [1.165, 1.54) is 5.56 Å². The molecule has 3 heteroatoms. The first kappa shape index (κ1) is 13.3. The van der Waals surface area contributed by atoms with E-state index in [1.807, 2.05) is 37.3 Å². The Balaban J connectivity index is 2.20. The van der Waals surface area contributed by atoms with Crippen LogP contribution in [0.15, 0.2) is 42.5 Å². The van der Waals surface area contributed by atoms with E-state index in [2.05, 4.69) is 19.1 Å². The number of benzene rings is 2. The Morgan fingerprint density at radius 1 is 0.947 bits per heavy atom. The molecule has 0 aliphatic heterocycles. The van der Waals surface area contributed by atoms with Gasteiger partial charge in [0.05, 0.1) is 6.61 Å². The monoisotopic (exact) mass is 257 g/mol. The highest BCUT2D eigenvalue weighted by Gasteiger charge is 2.07. The van der Waals surface area contributed by atoms with Crippen LogP contribution >= 0.6 is 0 Å². The van der Waals surface area contributed by atoms with Crippen molar-refractivity contribution in [2.45, 2.75) is 20.3 Å². The summed E-state index contributed by atoms with van der Waals surface area (Å²) in [6.07, 6.45) is 1.02. The van der Waals surface area contributed by atoms with E-state index in [0.717, 1.165) is 12.2 Å². The number of nitrogen functional groups attached to an aromatic ring is 1. The third kappa shape index (κ3) is 3.19. The molecule has 0 unspecified atom stereocenters. The molecule has 19 heavy (non-hydrogen) atoms. The van der Waals surface area contributed by atoms with Crippen molar-refractivity contribution in [3.63, 3.8) is 0 Å². The van der Waals surface area contributed by atoms with Crippen molar-refractivity contribution < 1.29 is 9.47 Å². The SMILES string of the molecule is CCOc1cccc(Oc2ccc(CC)cc2)c1N. The van der Waals surface area contributed by atoms with E-state index in [-0.39, 0.29) is 0 Å². The topological polar surface area (TPSA) is 44.5 Å². The van der Waals surface area contributed by atoms with Gasteiger partial charge in [0.1, 0.15) is 17.2 Å². The zero-order valence-corrected chi connectivity index (χ0v) is 11.3. The Kier molecular flexibility index (Phi) is 4.29. The van der Waals surface area contributed by atoms with Gasteiger partial charge in [0.25, 0.3) is 0 Å². The maximum Gasteiger partial charge on any atom is 0.154 e. The lowest BCUT2D eigenvalue weighted by molar-refractivity contribution is 0.340. The first-order valence-corrected chi connectivity index (χ1v) is 6.52. The quantitative estimate of drug-likeness (QED) is 0.823. The predicted molar refractivity (Wildman–Crippen MR) is 77.9 cm³/mol. The van der Waals surface area contributed by atoms with Gasteiger partial charge >= 0.3 is 0 Å². The van der Waals surface area contributed by atoms with Crippen molar-refractivity contribution in [1.29, 1.82) is 0 Å². The largest absolute Gasteiger partial charge is 0.492 e. The van der Waals surface area contributed by atoms with E-state index in [0.29, 0.717) is 23.8 Å². The highest BCUT2D eigenvalue weighted by atomic mass is 16.5. The van der Waals surface area contributed by atoms with Crippen molar-refractivity contribution in [2.24, 2.45) is 0 Å². The van der Waals surface area contributed by atoms with E-state index >= 15 is 0 Å². The number of nitrogens with two attached hydrogens (primary N) is 1. The Bertz CT molecular complexity index is 535.